The Labute approximate surface area is 307 Å². The van der Waals surface area contributed by atoms with E-state index in [0.717, 1.165) is 53.2 Å². The van der Waals surface area contributed by atoms with E-state index in [1.807, 2.05) is 12.1 Å². The van der Waals surface area contributed by atoms with Crippen LogP contribution in [-0.2, 0) is 5.41 Å². The summed E-state index contributed by atoms with van der Waals surface area (Å²) >= 11 is 0. The van der Waals surface area contributed by atoms with Gasteiger partial charge < -0.3 is 0 Å². The highest BCUT2D eigenvalue weighted by molar-refractivity contribution is 6.15. The number of hydrogen-bond acceptors (Lipinski definition) is 2. The van der Waals surface area contributed by atoms with Crippen LogP contribution in [0.2, 0.25) is 0 Å². The normalized spacial score (nSPS) is 19.6. The molecule has 1 heterocycles. The van der Waals surface area contributed by atoms with Crippen LogP contribution in [0.5, 0.6) is 0 Å². The lowest BCUT2D eigenvalue weighted by molar-refractivity contribution is 0.744. The van der Waals surface area contributed by atoms with Crippen LogP contribution in [0.4, 0.5) is 0 Å². The Bertz CT molecular complexity index is 2430. The molecule has 1 unspecified atom stereocenters. The molecule has 1 aliphatic heterocycles. The minimum Gasteiger partial charge on any atom is -0.232 e. The largest absolute Gasteiger partial charge is 0.232 e. The number of benzene rings is 5. The maximum absolute atomic E-state index is 5.27. The van der Waals surface area contributed by atoms with Crippen molar-refractivity contribution < 1.29 is 0 Å². The first-order valence-electron chi connectivity index (χ1n) is 18.4. The molecule has 5 aromatic rings. The molecule has 0 saturated carbocycles. The highest BCUT2D eigenvalue weighted by atomic mass is 14.9. The minimum absolute atomic E-state index is 0.405. The molecule has 9 rings (SSSR count). The summed E-state index contributed by atoms with van der Waals surface area (Å²) < 4.78 is 0. The predicted octanol–water partition coefficient (Wildman–Crippen LogP) is 12.0. The van der Waals surface area contributed by atoms with Gasteiger partial charge in [0.15, 0.2) is 5.84 Å². The smallest absolute Gasteiger partial charge is 0.160 e. The molecule has 5 aromatic carbocycles. The van der Waals surface area contributed by atoms with E-state index in [9.17, 15) is 0 Å². The molecule has 0 radical (unpaired) electrons. The number of rotatable bonds is 6. The summed E-state index contributed by atoms with van der Waals surface area (Å²) in [4.78, 5) is 10.4. The first kappa shape index (κ1) is 31.8. The monoisotopic (exact) mass is 668 g/mol. The van der Waals surface area contributed by atoms with Crippen molar-refractivity contribution in [3.63, 3.8) is 0 Å². The van der Waals surface area contributed by atoms with Crippen molar-refractivity contribution >= 4 is 22.8 Å². The number of allylic oxidation sites excluding steroid dienone is 11. The number of aliphatic imine (C=N–C) groups is 2. The molecule has 0 bridgehead atoms. The second-order valence-corrected chi connectivity index (χ2v) is 14.0. The lowest BCUT2D eigenvalue weighted by Gasteiger charge is -2.37. The third kappa shape index (κ3) is 5.61. The molecule has 2 nitrogen and oxygen atoms in total. The Morgan fingerprint density at radius 2 is 1.25 bits per heavy atom. The van der Waals surface area contributed by atoms with Gasteiger partial charge in [0.25, 0.3) is 0 Å². The van der Waals surface area contributed by atoms with Gasteiger partial charge in [0.2, 0.25) is 0 Å². The molecule has 0 saturated heterocycles. The van der Waals surface area contributed by atoms with Gasteiger partial charge in [-0.25, -0.2) is 9.98 Å². The Morgan fingerprint density at radius 1 is 0.558 bits per heavy atom. The maximum atomic E-state index is 5.27. The molecule has 4 aliphatic rings. The average Bonchev–Trinajstić information content (AvgIpc) is 3.40. The van der Waals surface area contributed by atoms with E-state index in [1.165, 1.54) is 50.1 Å². The summed E-state index contributed by atoms with van der Waals surface area (Å²) in [7, 11) is 0. The molecule has 250 valence electrons. The second kappa shape index (κ2) is 13.5. The standard InChI is InChI=1S/C50H40N2/c1-35-16-13-26-42(32-35)50(41-24-9-4-10-25-41)45-29-12-11-27-43(45)44-28-15-22-39(34-46(44)50)38-21-14-23-40(33-38)48-31-30-47(36-17-5-2-6-18-36)51-49(52-48)37-19-7-3-8-20-37/h2-10,12-21,23-26,28-30,32-34H,11,22,27,31H2,1H3. The van der Waals surface area contributed by atoms with Crippen molar-refractivity contribution in [3.8, 4) is 0 Å². The molecule has 3 aliphatic carbocycles. The molecule has 0 N–H and O–H groups in total. The fourth-order valence-corrected chi connectivity index (χ4v) is 8.41. The zero-order valence-corrected chi connectivity index (χ0v) is 29.5. The van der Waals surface area contributed by atoms with Crippen molar-refractivity contribution in [1.82, 2.24) is 0 Å². The molecular weight excluding hydrogens is 629 g/mol. The van der Waals surface area contributed by atoms with Crippen molar-refractivity contribution in [1.29, 1.82) is 0 Å². The van der Waals surface area contributed by atoms with Gasteiger partial charge in [0, 0.05) is 12.0 Å². The van der Waals surface area contributed by atoms with Crippen molar-refractivity contribution in [2.75, 3.05) is 0 Å². The lowest BCUT2D eigenvalue weighted by atomic mass is 9.65. The third-order valence-electron chi connectivity index (χ3n) is 10.8. The Morgan fingerprint density at radius 3 is 2.04 bits per heavy atom. The molecule has 0 fully saturated rings. The van der Waals surface area contributed by atoms with E-state index in [2.05, 4.69) is 171 Å². The first-order valence-corrected chi connectivity index (χ1v) is 18.4. The Hall–Kier alpha value is -6.12. The zero-order chi connectivity index (χ0) is 34.9. The number of aryl methyl sites for hydroxylation is 1. The molecule has 52 heavy (non-hydrogen) atoms. The van der Waals surface area contributed by atoms with E-state index >= 15 is 0 Å². The lowest BCUT2D eigenvalue weighted by Crippen LogP contribution is -2.30. The summed E-state index contributed by atoms with van der Waals surface area (Å²) in [5.41, 5.74) is 16.9. The number of nitrogens with zero attached hydrogens (tertiary/aromatic N) is 2. The SMILES string of the molecule is Cc1cccc(C2(c3ccccc3)C3=C(C=CCC(c4cccc(C5=NC(c6ccccc6)=NC(c6ccccc6)=CC5)c4)=C3)C3=C2C=CCC3)c1. The van der Waals surface area contributed by atoms with Crippen LogP contribution >= 0.6 is 0 Å². The van der Waals surface area contributed by atoms with Crippen LogP contribution in [-0.4, -0.2) is 11.5 Å². The highest BCUT2D eigenvalue weighted by Gasteiger charge is 2.48. The number of hydrogen-bond donors (Lipinski definition) is 0. The van der Waals surface area contributed by atoms with E-state index in [0.29, 0.717) is 6.42 Å². The fraction of sp³-hybridized carbons (Fsp3) is 0.120. The molecule has 2 heteroatoms. The van der Waals surface area contributed by atoms with Crippen LogP contribution in [0.1, 0.15) is 64.6 Å². The van der Waals surface area contributed by atoms with E-state index in [1.54, 1.807) is 0 Å². The van der Waals surface area contributed by atoms with Gasteiger partial charge in [0.05, 0.1) is 16.8 Å². The van der Waals surface area contributed by atoms with Gasteiger partial charge in [-0.2, -0.15) is 0 Å². The van der Waals surface area contributed by atoms with Gasteiger partial charge >= 0.3 is 0 Å². The molecular formula is C50H40N2. The van der Waals surface area contributed by atoms with Crippen LogP contribution in [0, 0.1) is 6.92 Å². The number of amidine groups is 1. The van der Waals surface area contributed by atoms with Gasteiger partial charge in [-0.05, 0) is 87.9 Å². The number of fused-ring (bicyclic) bond motifs is 1. The molecule has 0 amide bonds. The van der Waals surface area contributed by atoms with Crippen molar-refractivity contribution in [2.45, 2.75) is 38.0 Å². The molecule has 1 atom stereocenters. The van der Waals surface area contributed by atoms with Gasteiger partial charge in [-0.15, -0.1) is 0 Å². The fourth-order valence-electron chi connectivity index (χ4n) is 8.41. The second-order valence-electron chi connectivity index (χ2n) is 14.0. The van der Waals surface area contributed by atoms with Crippen LogP contribution in [0.25, 0.3) is 11.3 Å². The summed E-state index contributed by atoms with van der Waals surface area (Å²) in [5.74, 6) is 0.737. The summed E-state index contributed by atoms with van der Waals surface area (Å²) in [6.07, 6.45) is 18.0. The quantitative estimate of drug-likeness (QED) is 0.172. The van der Waals surface area contributed by atoms with E-state index < -0.39 is 5.41 Å². The van der Waals surface area contributed by atoms with Crippen LogP contribution < -0.4 is 0 Å². The van der Waals surface area contributed by atoms with Crippen molar-refractivity contribution in [3.05, 3.63) is 237 Å². The predicted molar refractivity (Wildman–Crippen MR) is 218 cm³/mol. The average molecular weight is 669 g/mol. The zero-order valence-electron chi connectivity index (χ0n) is 29.5. The summed E-state index contributed by atoms with van der Waals surface area (Å²) in [6.45, 7) is 2.21. The third-order valence-corrected chi connectivity index (χ3v) is 10.8. The topological polar surface area (TPSA) is 24.7 Å². The van der Waals surface area contributed by atoms with Crippen LogP contribution in [0.15, 0.2) is 208 Å². The first-order chi connectivity index (χ1) is 25.7. The van der Waals surface area contributed by atoms with E-state index in [-0.39, 0.29) is 0 Å². The van der Waals surface area contributed by atoms with Gasteiger partial charge in [-0.3, -0.25) is 0 Å². The Kier molecular flexibility index (Phi) is 8.29. The summed E-state index contributed by atoms with van der Waals surface area (Å²) in [5, 5.41) is 0. The summed E-state index contributed by atoms with van der Waals surface area (Å²) in [6, 6.07) is 50.1. The molecule has 0 aromatic heterocycles. The minimum atomic E-state index is -0.405. The van der Waals surface area contributed by atoms with Crippen LogP contribution in [0.3, 0.4) is 0 Å². The molecule has 0 spiro atoms. The van der Waals surface area contributed by atoms with Gasteiger partial charge in [0.1, 0.15) is 0 Å². The maximum Gasteiger partial charge on any atom is 0.160 e. The van der Waals surface area contributed by atoms with Gasteiger partial charge in [-0.1, -0.05) is 175 Å². The highest BCUT2D eigenvalue weighted by Crippen LogP contribution is 2.57. The van der Waals surface area contributed by atoms with E-state index in [4.69, 9.17) is 9.98 Å². The Balaban J connectivity index is 1.18. The van der Waals surface area contributed by atoms with Crippen molar-refractivity contribution in [2.24, 2.45) is 9.98 Å².